The van der Waals surface area contributed by atoms with Crippen LogP contribution in [0.1, 0.15) is 49.8 Å². The first-order chi connectivity index (χ1) is 18.8. The molecule has 18 heteroatoms. The van der Waals surface area contributed by atoms with Crippen LogP contribution in [0, 0.1) is 13.8 Å². The minimum atomic E-state index is -3.61. The molecular formula is C22H31N7O10S. The van der Waals surface area contributed by atoms with Gasteiger partial charge in [0.15, 0.2) is 0 Å². The average molecular weight is 586 g/mol. The molecule has 0 aliphatic carbocycles. The number of hydrogen-bond acceptors (Lipinski definition) is 11. The predicted octanol–water partition coefficient (Wildman–Crippen LogP) is -0.309. The van der Waals surface area contributed by atoms with E-state index in [-0.39, 0.29) is 19.4 Å². The van der Waals surface area contributed by atoms with E-state index in [0.29, 0.717) is 17.5 Å². The Morgan fingerprint density at radius 3 is 1.98 bits per heavy atom. The zero-order valence-electron chi connectivity index (χ0n) is 22.2. The number of ether oxygens (including phenoxy) is 2. The summed E-state index contributed by atoms with van der Waals surface area (Å²) in [4.78, 5) is 53.2. The smallest absolute Gasteiger partial charge is 0.330 e. The molecule has 0 unspecified atom stereocenters. The Balaban J connectivity index is 0.000000222. The predicted molar refractivity (Wildman–Crippen MR) is 139 cm³/mol. The zero-order chi connectivity index (χ0) is 29.8. The SMILES string of the molecule is CC[C@H]1O[C@@H](n2cc(C)c(=O)[nH]c2=O)C[C@H]1OS(C)(=O)=O.Cc1cn([C@H]2C[C@@H](N=[N+]=[N-])[C@@H](CO)O2)c(=O)[nH]c1=O. The molecule has 4 heterocycles. The summed E-state index contributed by atoms with van der Waals surface area (Å²) in [6.45, 7) is 4.67. The van der Waals surface area contributed by atoms with Crippen LogP contribution in [0.25, 0.3) is 10.4 Å². The summed E-state index contributed by atoms with van der Waals surface area (Å²) in [5, 5.41) is 12.7. The van der Waals surface area contributed by atoms with Crippen molar-refractivity contribution in [2.45, 2.75) is 76.8 Å². The van der Waals surface area contributed by atoms with E-state index in [9.17, 15) is 27.6 Å². The molecule has 17 nitrogen and oxygen atoms in total. The summed E-state index contributed by atoms with van der Waals surface area (Å²) in [6, 6.07) is -0.542. The van der Waals surface area contributed by atoms with E-state index in [1.807, 2.05) is 6.92 Å². The Kier molecular flexibility index (Phi) is 9.88. The monoisotopic (exact) mass is 585 g/mol. The molecule has 2 aromatic rings. The molecular weight excluding hydrogens is 554 g/mol. The quantitative estimate of drug-likeness (QED) is 0.166. The van der Waals surface area contributed by atoms with Crippen molar-refractivity contribution < 1.29 is 27.2 Å². The number of aromatic amines is 2. The molecule has 2 aliphatic heterocycles. The Bertz CT molecular complexity index is 1600. The lowest BCUT2D eigenvalue weighted by Gasteiger charge is -2.15. The summed E-state index contributed by atoms with van der Waals surface area (Å²) >= 11 is 0. The summed E-state index contributed by atoms with van der Waals surface area (Å²) in [7, 11) is -3.61. The molecule has 2 aromatic heterocycles. The number of hydrogen-bond donors (Lipinski definition) is 3. The third-order valence-corrected chi connectivity index (χ3v) is 6.97. The second-order valence-electron chi connectivity index (χ2n) is 9.39. The minimum absolute atomic E-state index is 0.219. The van der Waals surface area contributed by atoms with Crippen LogP contribution in [-0.2, 0) is 23.8 Å². The number of aromatic nitrogens is 4. The highest BCUT2D eigenvalue weighted by Gasteiger charge is 2.38. The number of azide groups is 1. The van der Waals surface area contributed by atoms with Crippen molar-refractivity contribution in [3.8, 4) is 0 Å². The number of aryl methyl sites for hydroxylation is 2. The Labute approximate surface area is 227 Å². The molecule has 0 bridgehead atoms. The van der Waals surface area contributed by atoms with Gasteiger partial charge in [-0.25, -0.2) is 9.59 Å². The normalized spacial score (nSPS) is 26.1. The molecule has 2 saturated heterocycles. The van der Waals surface area contributed by atoms with E-state index >= 15 is 0 Å². The third-order valence-electron chi connectivity index (χ3n) is 6.38. The topological polar surface area (TPSA) is 241 Å². The lowest BCUT2D eigenvalue weighted by atomic mass is 10.1. The molecule has 4 rings (SSSR count). The number of rotatable bonds is 7. The summed E-state index contributed by atoms with van der Waals surface area (Å²) in [6.07, 6.45) is 1.74. The van der Waals surface area contributed by atoms with Crippen LogP contribution < -0.4 is 22.5 Å². The molecule has 3 N–H and O–H groups in total. The van der Waals surface area contributed by atoms with Gasteiger partial charge in [-0.2, -0.15) is 8.42 Å². The van der Waals surface area contributed by atoms with E-state index in [0.717, 1.165) is 6.26 Å². The Hall–Kier alpha value is -3.54. The molecule has 0 spiro atoms. The van der Waals surface area contributed by atoms with Gasteiger partial charge in [-0.05, 0) is 25.8 Å². The van der Waals surface area contributed by atoms with Gasteiger partial charge >= 0.3 is 11.4 Å². The van der Waals surface area contributed by atoms with E-state index in [4.69, 9.17) is 24.3 Å². The van der Waals surface area contributed by atoms with Crippen molar-refractivity contribution in [1.29, 1.82) is 0 Å². The first-order valence-corrected chi connectivity index (χ1v) is 14.1. The number of H-pyrrole nitrogens is 2. The van der Waals surface area contributed by atoms with Crippen molar-refractivity contribution in [2.75, 3.05) is 12.9 Å². The second-order valence-corrected chi connectivity index (χ2v) is 11.0. The molecule has 220 valence electrons. The highest BCUT2D eigenvalue weighted by atomic mass is 32.2. The maximum atomic E-state index is 11.8. The van der Waals surface area contributed by atoms with Gasteiger partial charge < -0.3 is 14.6 Å². The number of aliphatic hydroxyl groups is 1. The van der Waals surface area contributed by atoms with E-state index in [1.165, 1.54) is 21.5 Å². The molecule has 2 fully saturated rings. The molecule has 40 heavy (non-hydrogen) atoms. The van der Waals surface area contributed by atoms with Gasteiger partial charge in [0, 0.05) is 41.3 Å². The summed E-state index contributed by atoms with van der Waals surface area (Å²) in [5.74, 6) is 0. The molecule has 0 aromatic carbocycles. The van der Waals surface area contributed by atoms with Crippen molar-refractivity contribution in [1.82, 2.24) is 19.1 Å². The maximum Gasteiger partial charge on any atom is 0.330 e. The standard InChI is InChI=1S/C12H18N2O6S.C10H13N5O4/c1-4-8-9(20-21(3,17)18)5-10(19-8)14-6-7(2)11(15)13-12(14)16;1-5-3-15(10(18)12-9(5)17)8-2-6(13-14-11)7(4-16)19-8/h6,8-10H,4-5H2,1-3H3,(H,13,15,16);3,6-8,16H,2,4H2,1H3,(H,12,17,18)/t8-,9-,10-;6-,7-,8-/m11/s1. The lowest BCUT2D eigenvalue weighted by Crippen LogP contribution is -2.33. The lowest BCUT2D eigenvalue weighted by molar-refractivity contribution is -0.0271. The molecule has 0 saturated carbocycles. The minimum Gasteiger partial charge on any atom is -0.394 e. The van der Waals surface area contributed by atoms with Gasteiger partial charge in [0.05, 0.1) is 31.1 Å². The van der Waals surface area contributed by atoms with Crippen LogP contribution in [0.15, 0.2) is 36.7 Å². The van der Waals surface area contributed by atoms with Crippen LogP contribution in [-0.4, -0.2) is 69.8 Å². The van der Waals surface area contributed by atoms with Gasteiger partial charge in [-0.15, -0.1) is 0 Å². The van der Waals surface area contributed by atoms with Crippen molar-refractivity contribution in [3.63, 3.8) is 0 Å². The van der Waals surface area contributed by atoms with Crippen molar-refractivity contribution in [3.05, 3.63) is 75.6 Å². The first kappa shape index (κ1) is 31.0. The van der Waals surface area contributed by atoms with Crippen LogP contribution in [0.5, 0.6) is 0 Å². The van der Waals surface area contributed by atoms with E-state index in [1.54, 1.807) is 13.8 Å². The molecule has 0 amide bonds. The molecule has 6 atom stereocenters. The fourth-order valence-electron chi connectivity index (χ4n) is 4.40. The van der Waals surface area contributed by atoms with Crippen molar-refractivity contribution in [2.24, 2.45) is 5.11 Å². The van der Waals surface area contributed by atoms with Crippen LogP contribution >= 0.6 is 0 Å². The van der Waals surface area contributed by atoms with Crippen LogP contribution in [0.2, 0.25) is 0 Å². The number of nitrogens with zero attached hydrogens (tertiary/aromatic N) is 5. The van der Waals surface area contributed by atoms with Gasteiger partial charge in [-0.1, -0.05) is 12.0 Å². The highest BCUT2D eigenvalue weighted by molar-refractivity contribution is 7.86. The average Bonchev–Trinajstić information content (AvgIpc) is 3.46. The summed E-state index contributed by atoms with van der Waals surface area (Å²) in [5.41, 5.74) is 7.08. The van der Waals surface area contributed by atoms with Crippen LogP contribution in [0.3, 0.4) is 0 Å². The molecule has 2 aliphatic rings. The van der Waals surface area contributed by atoms with E-state index < -0.39 is 69.4 Å². The van der Waals surface area contributed by atoms with E-state index in [2.05, 4.69) is 20.0 Å². The largest absolute Gasteiger partial charge is 0.394 e. The third kappa shape index (κ3) is 7.35. The van der Waals surface area contributed by atoms with Gasteiger partial charge in [-0.3, -0.25) is 32.9 Å². The van der Waals surface area contributed by atoms with Crippen molar-refractivity contribution >= 4 is 10.1 Å². The van der Waals surface area contributed by atoms with Gasteiger partial charge in [0.1, 0.15) is 18.6 Å². The van der Waals surface area contributed by atoms with Gasteiger partial charge in [0.2, 0.25) is 0 Å². The maximum absolute atomic E-state index is 11.8. The number of nitrogens with one attached hydrogen (secondary N) is 2. The van der Waals surface area contributed by atoms with Crippen LogP contribution in [0.4, 0.5) is 0 Å². The fraction of sp³-hybridized carbons (Fsp3) is 0.636. The zero-order valence-corrected chi connectivity index (χ0v) is 23.0. The second kappa shape index (κ2) is 12.8. The summed E-state index contributed by atoms with van der Waals surface area (Å²) < 4.78 is 41.2. The molecule has 0 radical (unpaired) electrons. The fourth-order valence-corrected chi connectivity index (χ4v) is 5.05. The first-order valence-electron chi connectivity index (χ1n) is 12.3. The number of aliphatic hydroxyl groups excluding tert-OH is 1. The Morgan fingerprint density at radius 1 is 1.02 bits per heavy atom. The van der Waals surface area contributed by atoms with Gasteiger partial charge in [0.25, 0.3) is 21.2 Å². The highest BCUT2D eigenvalue weighted by Crippen LogP contribution is 2.32. The Morgan fingerprint density at radius 2 is 1.52 bits per heavy atom.